The zero-order chi connectivity index (χ0) is 29.8. The van der Waals surface area contributed by atoms with Crippen LogP contribution >= 0.6 is 0 Å². The Morgan fingerprint density at radius 2 is 1.98 bits per heavy atom. The molecule has 2 aliphatic rings. The van der Waals surface area contributed by atoms with Crippen LogP contribution in [0.15, 0.2) is 61.7 Å². The van der Waals surface area contributed by atoms with Gasteiger partial charge in [-0.3, -0.25) is 9.89 Å². The first-order valence-corrected chi connectivity index (χ1v) is 14.5. The predicted octanol–water partition coefficient (Wildman–Crippen LogP) is 5.59. The molecule has 41 heavy (non-hydrogen) atoms. The molecule has 1 aliphatic carbocycles. The summed E-state index contributed by atoms with van der Waals surface area (Å²) in [5, 5.41) is 12.7. The van der Waals surface area contributed by atoms with Gasteiger partial charge in [-0.15, -0.1) is 0 Å². The summed E-state index contributed by atoms with van der Waals surface area (Å²) < 4.78 is 10.7. The SMILES string of the molecule is C=C(Nc1cccc2c1C(=O)c1c(/C(C)=C/C)n[nH]c1-2)NN1CCOCC1.C=CC(=C)OCCN(CC)CCCC. The van der Waals surface area contributed by atoms with E-state index in [1.165, 1.54) is 12.8 Å². The van der Waals surface area contributed by atoms with Crippen molar-refractivity contribution >= 4 is 17.0 Å². The summed E-state index contributed by atoms with van der Waals surface area (Å²) in [6.07, 6.45) is 6.11. The number of allylic oxidation sites excluding steroid dienone is 3. The number of nitrogens with zero attached hydrogens (tertiary/aromatic N) is 3. The van der Waals surface area contributed by atoms with Crippen LogP contribution in [0.2, 0.25) is 0 Å². The predicted molar refractivity (Wildman–Crippen MR) is 167 cm³/mol. The molecule has 0 atom stereocenters. The standard InChI is InChI=1S/C20H23N5O2.C12H23NO/c1-4-12(2)18-17-19(23-22-18)14-6-5-7-15(16(14)20(17)26)21-13(3)24-25-8-10-27-11-9-25;1-5-8-9-13(7-3)10-11-14-12(4)6-2/h4-7,21,24H,3,8-11H2,1-2H3,(H,22,23);6H,2,4-5,7-11H2,1,3H3/b12-4+;. The number of unbranched alkanes of at least 4 members (excludes halogenated alkanes) is 1. The summed E-state index contributed by atoms with van der Waals surface area (Å²) in [7, 11) is 0. The van der Waals surface area contributed by atoms with Crippen molar-refractivity contribution in [2.75, 3.05) is 57.9 Å². The minimum atomic E-state index is -0.0211. The van der Waals surface area contributed by atoms with Gasteiger partial charge in [0.25, 0.3) is 0 Å². The van der Waals surface area contributed by atoms with Gasteiger partial charge in [-0.1, -0.05) is 58.2 Å². The number of rotatable bonds is 14. The molecule has 0 bridgehead atoms. The molecule has 9 nitrogen and oxygen atoms in total. The highest BCUT2D eigenvalue weighted by molar-refractivity contribution is 6.25. The van der Waals surface area contributed by atoms with Gasteiger partial charge in [-0.05, 0) is 51.1 Å². The molecule has 9 heteroatoms. The van der Waals surface area contributed by atoms with E-state index in [4.69, 9.17) is 9.47 Å². The Morgan fingerprint density at radius 1 is 1.22 bits per heavy atom. The van der Waals surface area contributed by atoms with Gasteiger partial charge in [0, 0.05) is 25.2 Å². The number of fused-ring (bicyclic) bond motifs is 3. The summed E-state index contributed by atoms with van der Waals surface area (Å²) in [6.45, 7) is 26.5. The minimum absolute atomic E-state index is 0.0211. The van der Waals surface area contributed by atoms with Crippen LogP contribution in [0.5, 0.6) is 0 Å². The summed E-state index contributed by atoms with van der Waals surface area (Å²) >= 11 is 0. The number of hydrazine groups is 1. The number of aromatic nitrogens is 2. The van der Waals surface area contributed by atoms with E-state index in [0.29, 0.717) is 48.2 Å². The van der Waals surface area contributed by atoms with Crippen molar-refractivity contribution in [1.29, 1.82) is 0 Å². The largest absolute Gasteiger partial charge is 0.493 e. The maximum absolute atomic E-state index is 13.2. The molecule has 222 valence electrons. The molecule has 0 radical (unpaired) electrons. The van der Waals surface area contributed by atoms with E-state index in [0.717, 1.165) is 55.2 Å². The van der Waals surface area contributed by atoms with Crippen molar-refractivity contribution in [2.24, 2.45) is 0 Å². The Labute approximate surface area is 244 Å². The summed E-state index contributed by atoms with van der Waals surface area (Å²) in [5.74, 6) is 1.26. The fraction of sp³-hybridized carbons (Fsp3) is 0.438. The molecule has 2 heterocycles. The first kappa shape index (κ1) is 31.9. The van der Waals surface area contributed by atoms with Gasteiger partial charge < -0.3 is 25.1 Å². The lowest BCUT2D eigenvalue weighted by molar-refractivity contribution is 0.0190. The van der Waals surface area contributed by atoms with Gasteiger partial charge in [-0.25, -0.2) is 5.01 Å². The monoisotopic (exact) mass is 562 g/mol. The summed E-state index contributed by atoms with van der Waals surface area (Å²) in [4.78, 5) is 15.6. The first-order valence-electron chi connectivity index (χ1n) is 14.5. The van der Waals surface area contributed by atoms with Crippen molar-refractivity contribution < 1.29 is 14.3 Å². The third-order valence-corrected chi connectivity index (χ3v) is 7.15. The number of carbonyl (C=O) groups is 1. The number of likely N-dealkylation sites (N-methyl/N-ethyl adjacent to an activating group) is 1. The number of aromatic amines is 1. The van der Waals surface area contributed by atoms with Crippen molar-refractivity contribution in [3.63, 3.8) is 0 Å². The molecule has 1 aromatic carbocycles. The molecule has 0 amide bonds. The third kappa shape index (κ3) is 8.42. The first-order chi connectivity index (χ1) is 19.8. The second kappa shape index (κ2) is 16.0. The van der Waals surface area contributed by atoms with Gasteiger partial charge in [-0.2, -0.15) is 5.10 Å². The molecule has 0 spiro atoms. The van der Waals surface area contributed by atoms with E-state index in [1.807, 2.05) is 43.1 Å². The Kier molecular flexibility index (Phi) is 12.4. The quantitative estimate of drug-likeness (QED) is 0.173. The molecule has 1 saturated heterocycles. The highest BCUT2D eigenvalue weighted by Gasteiger charge is 2.34. The van der Waals surface area contributed by atoms with Crippen molar-refractivity contribution in [1.82, 2.24) is 25.5 Å². The lowest BCUT2D eigenvalue weighted by atomic mass is 10.0. The maximum Gasteiger partial charge on any atom is 0.200 e. The molecule has 1 aromatic heterocycles. The van der Waals surface area contributed by atoms with Crippen LogP contribution in [0.1, 0.15) is 62.2 Å². The number of ketones is 1. The molecule has 0 unspecified atom stereocenters. The fourth-order valence-corrected chi connectivity index (χ4v) is 4.65. The smallest absolute Gasteiger partial charge is 0.200 e. The zero-order valence-corrected chi connectivity index (χ0v) is 25.1. The van der Waals surface area contributed by atoms with Crippen LogP contribution in [0, 0.1) is 0 Å². The number of H-pyrrole nitrogens is 1. The Morgan fingerprint density at radius 3 is 2.63 bits per heavy atom. The zero-order valence-electron chi connectivity index (χ0n) is 25.1. The van der Waals surface area contributed by atoms with E-state index in [2.05, 4.69) is 59.4 Å². The Balaban J connectivity index is 0.000000282. The second-order valence-corrected chi connectivity index (χ2v) is 9.97. The van der Waals surface area contributed by atoms with E-state index in [9.17, 15) is 4.79 Å². The highest BCUT2D eigenvalue weighted by atomic mass is 16.5. The average Bonchev–Trinajstić information content (AvgIpc) is 3.55. The van der Waals surface area contributed by atoms with E-state index < -0.39 is 0 Å². The number of ether oxygens (including phenoxy) is 2. The molecular weight excluding hydrogens is 516 g/mol. The molecule has 1 aliphatic heterocycles. The number of hydrogen-bond acceptors (Lipinski definition) is 8. The maximum atomic E-state index is 13.2. The van der Waals surface area contributed by atoms with E-state index in [-0.39, 0.29) is 5.78 Å². The average molecular weight is 563 g/mol. The van der Waals surface area contributed by atoms with Crippen LogP contribution in [0.25, 0.3) is 16.8 Å². The highest BCUT2D eigenvalue weighted by Crippen LogP contribution is 2.41. The number of nitrogens with one attached hydrogen (secondary N) is 3. The number of benzene rings is 1. The van der Waals surface area contributed by atoms with Crippen LogP contribution in [-0.4, -0.2) is 78.4 Å². The van der Waals surface area contributed by atoms with Gasteiger partial charge in [0.05, 0.1) is 41.4 Å². The number of morpholine rings is 1. The van der Waals surface area contributed by atoms with Gasteiger partial charge in [0.1, 0.15) is 18.2 Å². The second-order valence-electron chi connectivity index (χ2n) is 9.97. The van der Waals surface area contributed by atoms with E-state index in [1.54, 1.807) is 6.08 Å². The van der Waals surface area contributed by atoms with Gasteiger partial charge >= 0.3 is 0 Å². The molecule has 1 fully saturated rings. The third-order valence-electron chi connectivity index (χ3n) is 7.15. The van der Waals surface area contributed by atoms with Crippen LogP contribution < -0.4 is 10.7 Å². The number of anilines is 1. The lowest BCUT2D eigenvalue weighted by Gasteiger charge is -2.29. The number of hydrogen-bond donors (Lipinski definition) is 3. The van der Waals surface area contributed by atoms with Crippen LogP contribution in [0.3, 0.4) is 0 Å². The van der Waals surface area contributed by atoms with Crippen molar-refractivity contribution in [3.05, 3.63) is 78.5 Å². The summed E-state index contributed by atoms with van der Waals surface area (Å²) in [6, 6.07) is 5.76. The molecule has 4 rings (SSSR count). The van der Waals surface area contributed by atoms with Gasteiger partial charge in [0.2, 0.25) is 0 Å². The number of carbonyl (C=O) groups excluding carboxylic acids is 1. The molecular formula is C32H46N6O3. The molecule has 0 saturated carbocycles. The molecule has 3 N–H and O–H groups in total. The Bertz CT molecular complexity index is 1240. The van der Waals surface area contributed by atoms with Crippen LogP contribution in [-0.2, 0) is 9.47 Å². The normalized spacial score (nSPS) is 14.6. The topological polar surface area (TPSA) is 94.8 Å². The van der Waals surface area contributed by atoms with E-state index >= 15 is 0 Å². The van der Waals surface area contributed by atoms with Crippen LogP contribution in [0.4, 0.5) is 5.69 Å². The summed E-state index contributed by atoms with van der Waals surface area (Å²) in [5.41, 5.74) is 8.59. The minimum Gasteiger partial charge on any atom is -0.493 e. The van der Waals surface area contributed by atoms with Gasteiger partial charge in [0.15, 0.2) is 5.78 Å². The fourth-order valence-electron chi connectivity index (χ4n) is 4.65. The van der Waals surface area contributed by atoms with Crippen molar-refractivity contribution in [2.45, 2.75) is 40.5 Å². The lowest BCUT2D eigenvalue weighted by Crippen LogP contribution is -2.46. The Hall–Kier alpha value is -3.66. The van der Waals surface area contributed by atoms with Crippen molar-refractivity contribution in [3.8, 4) is 11.3 Å². The molecule has 2 aromatic rings.